The van der Waals surface area contributed by atoms with Crippen molar-refractivity contribution in [3.8, 4) is 0 Å². The van der Waals surface area contributed by atoms with Gasteiger partial charge in [0.15, 0.2) is 0 Å². The van der Waals surface area contributed by atoms with E-state index in [-0.39, 0.29) is 0 Å². The van der Waals surface area contributed by atoms with Gasteiger partial charge in [0.25, 0.3) is 0 Å². The highest BCUT2D eigenvalue weighted by Gasteiger charge is 2.33. The van der Waals surface area contributed by atoms with Crippen LogP contribution in [0.4, 0.5) is 10.5 Å². The van der Waals surface area contributed by atoms with Crippen molar-refractivity contribution in [2.24, 2.45) is 5.92 Å². The Balaban J connectivity index is 1.96. The molecule has 1 saturated heterocycles. The number of imide groups is 2. The Morgan fingerprint density at radius 1 is 1.00 bits per heavy atom. The van der Waals surface area contributed by atoms with Gasteiger partial charge in [-0.2, -0.15) is 0 Å². The Labute approximate surface area is 117 Å². The Bertz CT molecular complexity index is 517. The molecule has 106 valence electrons. The number of hydrogen-bond donors (Lipinski definition) is 2. The summed E-state index contributed by atoms with van der Waals surface area (Å²) < 4.78 is 0. The fourth-order valence-corrected chi connectivity index (χ4v) is 2.08. The summed E-state index contributed by atoms with van der Waals surface area (Å²) >= 11 is 0. The zero-order valence-corrected chi connectivity index (χ0v) is 11.5. The predicted molar refractivity (Wildman–Crippen MR) is 74.3 cm³/mol. The third kappa shape index (κ3) is 3.14. The molecular weight excluding hydrogens is 258 g/mol. The first-order chi connectivity index (χ1) is 9.47. The third-order valence-electron chi connectivity index (χ3n) is 3.28. The first-order valence-electron chi connectivity index (χ1n) is 6.39. The number of amides is 4. The molecule has 1 aliphatic heterocycles. The molecule has 0 spiro atoms. The number of anilines is 1. The van der Waals surface area contributed by atoms with Crippen LogP contribution in [0.25, 0.3) is 0 Å². The van der Waals surface area contributed by atoms with Gasteiger partial charge in [-0.3, -0.25) is 20.2 Å². The molecule has 0 unspecified atom stereocenters. The van der Waals surface area contributed by atoms with Crippen LogP contribution in [0.5, 0.6) is 0 Å². The Hall–Kier alpha value is -2.37. The van der Waals surface area contributed by atoms with E-state index >= 15 is 0 Å². The van der Waals surface area contributed by atoms with Gasteiger partial charge in [-0.05, 0) is 30.5 Å². The van der Waals surface area contributed by atoms with Crippen molar-refractivity contribution in [3.63, 3.8) is 0 Å². The molecule has 6 nitrogen and oxygen atoms in total. The molecule has 2 rings (SSSR count). The summed E-state index contributed by atoms with van der Waals surface area (Å²) in [7, 11) is 3.92. The van der Waals surface area contributed by atoms with Crippen LogP contribution in [0, 0.1) is 5.92 Å². The van der Waals surface area contributed by atoms with Crippen LogP contribution in [0.1, 0.15) is 12.0 Å². The van der Waals surface area contributed by atoms with Crippen molar-refractivity contribution in [1.82, 2.24) is 10.6 Å². The van der Waals surface area contributed by atoms with Gasteiger partial charge in [-0.1, -0.05) is 12.1 Å². The molecule has 0 bridgehead atoms. The fourth-order valence-electron chi connectivity index (χ4n) is 2.08. The Kier molecular flexibility index (Phi) is 4.02. The standard InChI is InChI=1S/C14H17N3O3/c1-17(2)10-6-3-9(4-7-10)5-8-11-12(18)15-14(20)16-13(11)19/h3-4,6-7,11H,5,8H2,1-2H3,(H2,15,16,18,19,20). The first-order valence-corrected chi connectivity index (χ1v) is 6.39. The van der Waals surface area contributed by atoms with Crippen LogP contribution in [0.3, 0.4) is 0 Å². The van der Waals surface area contributed by atoms with Crippen LogP contribution in [-0.2, 0) is 16.0 Å². The summed E-state index contributed by atoms with van der Waals surface area (Å²) in [5.74, 6) is -1.85. The zero-order chi connectivity index (χ0) is 14.7. The average Bonchev–Trinajstić information content (AvgIpc) is 2.38. The molecule has 4 amide bonds. The SMILES string of the molecule is CN(C)c1ccc(CCC2C(=O)NC(=O)NC2=O)cc1. The van der Waals surface area contributed by atoms with Crippen molar-refractivity contribution in [3.05, 3.63) is 29.8 Å². The van der Waals surface area contributed by atoms with E-state index < -0.39 is 23.8 Å². The van der Waals surface area contributed by atoms with Crippen molar-refractivity contribution in [1.29, 1.82) is 0 Å². The summed E-state index contributed by atoms with van der Waals surface area (Å²) in [6.45, 7) is 0. The number of nitrogens with one attached hydrogen (secondary N) is 2. The molecule has 0 aromatic heterocycles. The first kappa shape index (κ1) is 14.0. The molecule has 1 fully saturated rings. The van der Waals surface area contributed by atoms with Crippen molar-refractivity contribution < 1.29 is 14.4 Å². The minimum Gasteiger partial charge on any atom is -0.378 e. The molecule has 2 N–H and O–H groups in total. The second-order valence-corrected chi connectivity index (χ2v) is 4.96. The lowest BCUT2D eigenvalue weighted by Crippen LogP contribution is -2.55. The van der Waals surface area contributed by atoms with Crippen LogP contribution < -0.4 is 15.5 Å². The van der Waals surface area contributed by atoms with E-state index in [2.05, 4.69) is 10.6 Å². The molecule has 1 heterocycles. The summed E-state index contributed by atoms with van der Waals surface area (Å²) in [5.41, 5.74) is 2.14. The van der Waals surface area contributed by atoms with Gasteiger partial charge in [-0.15, -0.1) is 0 Å². The Morgan fingerprint density at radius 2 is 1.55 bits per heavy atom. The molecular formula is C14H17N3O3. The number of barbiturate groups is 1. The topological polar surface area (TPSA) is 78.5 Å². The summed E-state index contributed by atoms with van der Waals surface area (Å²) in [6.07, 6.45) is 0.986. The average molecular weight is 275 g/mol. The largest absolute Gasteiger partial charge is 0.378 e. The van der Waals surface area contributed by atoms with Crippen molar-refractivity contribution in [2.75, 3.05) is 19.0 Å². The maximum Gasteiger partial charge on any atom is 0.328 e. The van der Waals surface area contributed by atoms with Gasteiger partial charge < -0.3 is 4.90 Å². The van der Waals surface area contributed by atoms with Gasteiger partial charge in [0.1, 0.15) is 5.92 Å². The van der Waals surface area contributed by atoms with Crippen LogP contribution in [-0.4, -0.2) is 31.9 Å². The second-order valence-electron chi connectivity index (χ2n) is 4.96. The van der Waals surface area contributed by atoms with E-state index in [0.717, 1.165) is 11.3 Å². The number of nitrogens with zero attached hydrogens (tertiary/aromatic N) is 1. The molecule has 0 saturated carbocycles. The number of urea groups is 1. The van der Waals surface area contributed by atoms with E-state index in [1.165, 1.54) is 0 Å². The quantitative estimate of drug-likeness (QED) is 0.792. The molecule has 0 aliphatic carbocycles. The monoisotopic (exact) mass is 275 g/mol. The number of rotatable bonds is 4. The van der Waals surface area contributed by atoms with E-state index in [1.54, 1.807) is 0 Å². The molecule has 0 atom stereocenters. The molecule has 1 aromatic rings. The maximum absolute atomic E-state index is 11.6. The lowest BCUT2D eigenvalue weighted by molar-refractivity contribution is -0.136. The van der Waals surface area contributed by atoms with Crippen LogP contribution >= 0.6 is 0 Å². The van der Waals surface area contributed by atoms with Crippen LogP contribution in [0.15, 0.2) is 24.3 Å². The number of aryl methyl sites for hydroxylation is 1. The lowest BCUT2D eigenvalue weighted by Gasteiger charge is -2.20. The van der Waals surface area contributed by atoms with E-state index in [4.69, 9.17) is 0 Å². The van der Waals surface area contributed by atoms with Gasteiger partial charge in [0.05, 0.1) is 0 Å². The second kappa shape index (κ2) is 5.73. The maximum atomic E-state index is 11.6. The van der Waals surface area contributed by atoms with Gasteiger partial charge in [0, 0.05) is 19.8 Å². The van der Waals surface area contributed by atoms with Crippen LogP contribution in [0.2, 0.25) is 0 Å². The summed E-state index contributed by atoms with van der Waals surface area (Å²) in [4.78, 5) is 36.1. The van der Waals surface area contributed by atoms with Gasteiger partial charge >= 0.3 is 6.03 Å². The zero-order valence-electron chi connectivity index (χ0n) is 11.5. The summed E-state index contributed by atoms with van der Waals surface area (Å²) in [5, 5.41) is 4.21. The van der Waals surface area contributed by atoms with E-state index in [9.17, 15) is 14.4 Å². The highest BCUT2D eigenvalue weighted by molar-refractivity contribution is 6.16. The van der Waals surface area contributed by atoms with Gasteiger partial charge in [-0.25, -0.2) is 4.79 Å². The highest BCUT2D eigenvalue weighted by atomic mass is 16.2. The molecule has 20 heavy (non-hydrogen) atoms. The predicted octanol–water partition coefficient (Wildman–Crippen LogP) is 0.667. The minimum atomic E-state index is -0.804. The number of carbonyl (C=O) groups is 3. The fraction of sp³-hybridized carbons (Fsp3) is 0.357. The van der Waals surface area contributed by atoms with Crippen molar-refractivity contribution >= 4 is 23.5 Å². The number of hydrogen-bond acceptors (Lipinski definition) is 4. The van der Waals surface area contributed by atoms with E-state index in [1.807, 2.05) is 43.3 Å². The normalized spacial score (nSPS) is 15.8. The molecule has 1 aliphatic rings. The highest BCUT2D eigenvalue weighted by Crippen LogP contribution is 2.16. The summed E-state index contributed by atoms with van der Waals surface area (Å²) in [6, 6.07) is 7.17. The third-order valence-corrected chi connectivity index (χ3v) is 3.28. The van der Waals surface area contributed by atoms with E-state index in [0.29, 0.717) is 12.8 Å². The minimum absolute atomic E-state index is 0.381. The molecule has 1 aromatic carbocycles. The Morgan fingerprint density at radius 3 is 2.05 bits per heavy atom. The van der Waals surface area contributed by atoms with Gasteiger partial charge in [0.2, 0.25) is 11.8 Å². The number of carbonyl (C=O) groups excluding carboxylic acids is 3. The smallest absolute Gasteiger partial charge is 0.328 e. The molecule has 6 heteroatoms. The van der Waals surface area contributed by atoms with Crippen molar-refractivity contribution in [2.45, 2.75) is 12.8 Å². The number of benzene rings is 1. The molecule has 0 radical (unpaired) electrons. The lowest BCUT2D eigenvalue weighted by atomic mass is 9.96.